The maximum absolute atomic E-state index is 13.4. The molecule has 3 unspecified atom stereocenters. The number of piperidine rings is 1. The molecular formula is C26H33N3O4S. The van der Waals surface area contributed by atoms with E-state index >= 15 is 0 Å². The van der Waals surface area contributed by atoms with E-state index in [1.54, 1.807) is 12.1 Å². The fraction of sp³-hybridized carbons (Fsp3) is 0.500. The Morgan fingerprint density at radius 1 is 1.03 bits per heavy atom. The molecular weight excluding hydrogens is 450 g/mol. The molecule has 0 bridgehead atoms. The molecule has 182 valence electrons. The van der Waals surface area contributed by atoms with Crippen molar-refractivity contribution in [3.8, 4) is 0 Å². The molecule has 0 spiro atoms. The minimum Gasteiger partial charge on any atom is -0.375 e. The van der Waals surface area contributed by atoms with Crippen LogP contribution in [0.1, 0.15) is 36.8 Å². The summed E-state index contributed by atoms with van der Waals surface area (Å²) >= 11 is 0. The van der Waals surface area contributed by atoms with E-state index in [2.05, 4.69) is 10.2 Å². The van der Waals surface area contributed by atoms with Gasteiger partial charge in [0.1, 0.15) is 0 Å². The Labute approximate surface area is 201 Å². The summed E-state index contributed by atoms with van der Waals surface area (Å²) in [5.74, 6) is 0.576. The van der Waals surface area contributed by atoms with Crippen LogP contribution in [0.4, 0.5) is 0 Å². The normalized spacial score (nSPS) is 26.7. The maximum Gasteiger partial charge on any atom is 0.257 e. The van der Waals surface area contributed by atoms with Crippen molar-refractivity contribution in [2.75, 3.05) is 19.6 Å². The minimum absolute atomic E-state index is 0.0364. The Kier molecular flexibility index (Phi) is 6.27. The molecule has 8 heteroatoms. The van der Waals surface area contributed by atoms with Gasteiger partial charge in [-0.3, -0.25) is 4.79 Å². The molecule has 1 aliphatic heterocycles. The number of nitrogens with zero attached hydrogens (tertiary/aromatic N) is 1. The Hall–Kier alpha value is -2.26. The Morgan fingerprint density at radius 3 is 2.24 bits per heavy atom. The number of sulfonamides is 1. The van der Waals surface area contributed by atoms with Gasteiger partial charge >= 0.3 is 0 Å². The second-order valence-electron chi connectivity index (χ2n) is 10.1. The monoisotopic (exact) mass is 483 g/mol. The SMILES string of the molecule is NS(=O)(=O)c1ccc(CCN2CC3C(NC(=O)C(O)(c4ccccc4)C4CCCC4)[C@H]3C2)cc1. The maximum atomic E-state index is 13.4. The van der Waals surface area contributed by atoms with Crippen molar-refractivity contribution in [2.45, 2.75) is 48.6 Å². The third-order valence-corrected chi connectivity index (χ3v) is 8.97. The van der Waals surface area contributed by atoms with Gasteiger partial charge in [-0.2, -0.15) is 0 Å². The van der Waals surface area contributed by atoms with Crippen LogP contribution in [0.5, 0.6) is 0 Å². The molecule has 7 nitrogen and oxygen atoms in total. The topological polar surface area (TPSA) is 113 Å². The zero-order chi connectivity index (χ0) is 23.9. The van der Waals surface area contributed by atoms with Crippen LogP contribution in [-0.4, -0.2) is 50.0 Å². The van der Waals surface area contributed by atoms with Gasteiger partial charge < -0.3 is 15.3 Å². The lowest BCUT2D eigenvalue weighted by molar-refractivity contribution is -0.147. The first-order chi connectivity index (χ1) is 16.3. The lowest BCUT2D eigenvalue weighted by Crippen LogP contribution is -2.51. The third-order valence-electron chi connectivity index (χ3n) is 8.04. The number of carbonyl (C=O) groups excluding carboxylic acids is 1. The first-order valence-corrected chi connectivity index (χ1v) is 13.7. The predicted octanol–water partition coefficient (Wildman–Crippen LogP) is 2.00. The van der Waals surface area contributed by atoms with Gasteiger partial charge in [0.2, 0.25) is 10.0 Å². The molecule has 3 aliphatic rings. The molecule has 1 amide bonds. The highest BCUT2D eigenvalue weighted by Gasteiger charge is 2.58. The largest absolute Gasteiger partial charge is 0.375 e. The summed E-state index contributed by atoms with van der Waals surface area (Å²) in [6, 6.07) is 16.3. The molecule has 2 aliphatic carbocycles. The highest BCUT2D eigenvalue weighted by Crippen LogP contribution is 2.47. The molecule has 2 saturated carbocycles. The number of nitrogens with one attached hydrogen (secondary N) is 1. The van der Waals surface area contributed by atoms with Crippen molar-refractivity contribution in [1.82, 2.24) is 10.2 Å². The van der Waals surface area contributed by atoms with Crippen LogP contribution in [-0.2, 0) is 26.8 Å². The van der Waals surface area contributed by atoms with Gasteiger partial charge in [-0.1, -0.05) is 55.3 Å². The Bertz CT molecular complexity index is 1120. The van der Waals surface area contributed by atoms with Gasteiger partial charge in [-0.25, -0.2) is 13.6 Å². The summed E-state index contributed by atoms with van der Waals surface area (Å²) in [6.45, 7) is 2.74. The molecule has 4 N–H and O–H groups in total. The van der Waals surface area contributed by atoms with Gasteiger partial charge in [0.25, 0.3) is 5.91 Å². The molecule has 2 aromatic carbocycles. The molecule has 5 rings (SSSR count). The minimum atomic E-state index is -3.66. The van der Waals surface area contributed by atoms with Gasteiger partial charge in [0.05, 0.1) is 4.90 Å². The average molecular weight is 484 g/mol. The number of hydrogen-bond acceptors (Lipinski definition) is 5. The summed E-state index contributed by atoms with van der Waals surface area (Å²) in [7, 11) is -3.66. The van der Waals surface area contributed by atoms with E-state index in [0.29, 0.717) is 17.4 Å². The van der Waals surface area contributed by atoms with Gasteiger partial charge in [-0.15, -0.1) is 0 Å². The van der Waals surface area contributed by atoms with Gasteiger partial charge in [-0.05, 0) is 54.4 Å². The Balaban J connectivity index is 1.15. The van der Waals surface area contributed by atoms with Crippen LogP contribution in [0.3, 0.4) is 0 Å². The van der Waals surface area contributed by atoms with Crippen LogP contribution >= 0.6 is 0 Å². The van der Waals surface area contributed by atoms with E-state index in [1.165, 1.54) is 0 Å². The summed E-state index contributed by atoms with van der Waals surface area (Å²) < 4.78 is 22.8. The highest BCUT2D eigenvalue weighted by atomic mass is 32.2. The van der Waals surface area contributed by atoms with Crippen molar-refractivity contribution in [2.24, 2.45) is 22.9 Å². The molecule has 0 aromatic heterocycles. The van der Waals surface area contributed by atoms with Crippen LogP contribution in [0.15, 0.2) is 59.5 Å². The molecule has 1 heterocycles. The van der Waals surface area contributed by atoms with Crippen molar-refractivity contribution in [3.05, 3.63) is 65.7 Å². The van der Waals surface area contributed by atoms with Crippen molar-refractivity contribution in [3.63, 3.8) is 0 Å². The number of nitrogens with two attached hydrogens (primary N) is 1. The number of primary sulfonamides is 1. The number of amides is 1. The van der Waals surface area contributed by atoms with E-state index in [-0.39, 0.29) is 22.8 Å². The molecule has 2 aromatic rings. The van der Waals surface area contributed by atoms with Crippen LogP contribution in [0.2, 0.25) is 0 Å². The quantitative estimate of drug-likeness (QED) is 0.532. The summed E-state index contributed by atoms with van der Waals surface area (Å²) in [5, 5.41) is 20.0. The first kappa shape index (κ1) is 23.5. The second-order valence-corrected chi connectivity index (χ2v) is 11.7. The lowest BCUT2D eigenvalue weighted by atomic mass is 9.79. The van der Waals surface area contributed by atoms with E-state index < -0.39 is 15.6 Å². The average Bonchev–Trinajstić information content (AvgIpc) is 3.25. The number of rotatable bonds is 8. The standard InChI is InChI=1S/C26H33N3O4S/c27-34(32,33)21-12-10-18(11-13-21)14-15-29-16-22-23(17-29)24(22)28-25(30)26(31,20-8-4-5-9-20)19-6-2-1-3-7-19/h1-3,6-7,10-13,20,22-24,31H,4-5,8-9,14-17H2,(H,28,30)(H2,27,32,33)/t22-,23?,24?,26?/m0/s1. The van der Waals surface area contributed by atoms with Crippen LogP contribution in [0, 0.1) is 17.8 Å². The predicted molar refractivity (Wildman–Crippen MR) is 129 cm³/mol. The van der Waals surface area contributed by atoms with E-state index in [1.807, 2.05) is 42.5 Å². The molecule has 4 atom stereocenters. The number of hydrogen-bond donors (Lipinski definition) is 3. The fourth-order valence-electron chi connectivity index (χ4n) is 5.99. The van der Waals surface area contributed by atoms with Gasteiger partial charge in [0.15, 0.2) is 5.60 Å². The zero-order valence-corrected chi connectivity index (χ0v) is 20.1. The number of aliphatic hydroxyl groups is 1. The highest BCUT2D eigenvalue weighted by molar-refractivity contribution is 7.89. The van der Waals surface area contributed by atoms with Crippen LogP contribution in [0.25, 0.3) is 0 Å². The second kappa shape index (κ2) is 9.07. The van der Waals surface area contributed by atoms with E-state index in [9.17, 15) is 18.3 Å². The number of fused-ring (bicyclic) bond motifs is 1. The third kappa shape index (κ3) is 4.52. The fourth-order valence-corrected chi connectivity index (χ4v) is 6.51. The smallest absolute Gasteiger partial charge is 0.257 e. The summed E-state index contributed by atoms with van der Waals surface area (Å²) in [6.07, 6.45) is 4.70. The van der Waals surface area contributed by atoms with Crippen molar-refractivity contribution >= 4 is 15.9 Å². The lowest BCUT2D eigenvalue weighted by Gasteiger charge is -2.33. The van der Waals surface area contributed by atoms with E-state index in [0.717, 1.165) is 57.3 Å². The number of benzene rings is 2. The van der Waals surface area contributed by atoms with E-state index in [4.69, 9.17) is 5.14 Å². The summed E-state index contributed by atoms with van der Waals surface area (Å²) in [5.41, 5.74) is 0.305. The summed E-state index contributed by atoms with van der Waals surface area (Å²) in [4.78, 5) is 15.9. The Morgan fingerprint density at radius 2 is 1.65 bits per heavy atom. The number of likely N-dealkylation sites (tertiary alicyclic amines) is 1. The number of carbonyl (C=O) groups is 1. The molecule has 1 saturated heterocycles. The molecule has 0 radical (unpaired) electrons. The molecule has 3 fully saturated rings. The first-order valence-electron chi connectivity index (χ1n) is 12.2. The van der Waals surface area contributed by atoms with Crippen molar-refractivity contribution in [1.29, 1.82) is 0 Å². The van der Waals surface area contributed by atoms with Crippen molar-refractivity contribution < 1.29 is 18.3 Å². The zero-order valence-electron chi connectivity index (χ0n) is 19.3. The van der Waals surface area contributed by atoms with Crippen LogP contribution < -0.4 is 10.5 Å². The van der Waals surface area contributed by atoms with Gasteiger partial charge in [0, 0.05) is 31.6 Å². The molecule has 34 heavy (non-hydrogen) atoms.